The Labute approximate surface area is 95.3 Å². The van der Waals surface area contributed by atoms with E-state index in [0.29, 0.717) is 0 Å². The summed E-state index contributed by atoms with van der Waals surface area (Å²) in [6.07, 6.45) is 3.11. The summed E-state index contributed by atoms with van der Waals surface area (Å²) in [5.74, 6) is 1.34. The zero-order valence-electron chi connectivity index (χ0n) is 9.44. The fourth-order valence-electron chi connectivity index (χ4n) is 1.28. The van der Waals surface area contributed by atoms with Crippen LogP contribution >= 0.6 is 0 Å². The molecule has 0 aromatic heterocycles. The average molecular weight is 214 g/mol. The summed E-state index contributed by atoms with van der Waals surface area (Å²) in [5.41, 5.74) is 1.12. The van der Waals surface area contributed by atoms with Crippen LogP contribution in [0.5, 0.6) is 0 Å². The molecule has 0 aliphatic heterocycles. The third-order valence-electron chi connectivity index (χ3n) is 2.18. The van der Waals surface area contributed by atoms with E-state index in [4.69, 9.17) is 0 Å². The van der Waals surface area contributed by atoms with Crippen LogP contribution < -0.4 is 0 Å². The maximum atomic E-state index is 11.6. The Morgan fingerprint density at radius 3 is 2.38 bits per heavy atom. The molecular weight excluding hydrogens is 200 g/mol. The van der Waals surface area contributed by atoms with Crippen molar-refractivity contribution in [1.82, 2.24) is 0 Å². The molecule has 0 saturated heterocycles. The molecule has 0 N–H and O–H groups in total. The van der Waals surface area contributed by atoms with E-state index < -0.39 is 0 Å². The molecule has 0 spiro atoms. The second-order valence-corrected chi connectivity index (χ2v) is 3.78. The summed E-state index contributed by atoms with van der Waals surface area (Å²) in [5, 5.41) is 0. The molecule has 0 atom stereocenters. The van der Waals surface area contributed by atoms with E-state index >= 15 is 0 Å². The molecular formula is C14H14O2. The Kier molecular flexibility index (Phi) is 4.43. The lowest BCUT2D eigenvalue weighted by atomic mass is 10.00. The molecule has 0 amide bonds. The van der Waals surface area contributed by atoms with Crippen LogP contribution in [0.4, 0.5) is 0 Å². The summed E-state index contributed by atoms with van der Waals surface area (Å²) >= 11 is 0. The fourth-order valence-corrected chi connectivity index (χ4v) is 1.28. The Morgan fingerprint density at radius 2 is 1.88 bits per heavy atom. The summed E-state index contributed by atoms with van der Waals surface area (Å²) in [4.78, 5) is 22.2. The lowest BCUT2D eigenvalue weighted by Crippen LogP contribution is -2.05. The minimum absolute atomic E-state index is 0.0922. The highest BCUT2D eigenvalue weighted by molar-refractivity contribution is 6.11. The normalized spacial score (nSPS) is 10.4. The van der Waals surface area contributed by atoms with Gasteiger partial charge in [0, 0.05) is 0 Å². The monoisotopic (exact) mass is 214 g/mol. The standard InChI is InChI=1S/C14H14O2/c1-11(2)13(10-15)14(16)9-8-12-6-4-3-5-7-12/h3-9,11H,1-2H3/b9-8+. The number of ketones is 1. The van der Waals surface area contributed by atoms with Crippen LogP contribution in [0.15, 0.2) is 42.0 Å². The second kappa shape index (κ2) is 5.84. The van der Waals surface area contributed by atoms with E-state index in [-0.39, 0.29) is 17.3 Å². The molecule has 2 heteroatoms. The van der Waals surface area contributed by atoms with Crippen LogP contribution in [0.3, 0.4) is 0 Å². The van der Waals surface area contributed by atoms with Crippen molar-refractivity contribution in [3.05, 3.63) is 47.5 Å². The van der Waals surface area contributed by atoms with Gasteiger partial charge in [-0.05, 0) is 17.6 Å². The molecule has 0 heterocycles. The first-order chi connectivity index (χ1) is 7.65. The first-order valence-electron chi connectivity index (χ1n) is 5.17. The third-order valence-corrected chi connectivity index (χ3v) is 2.18. The SMILES string of the molecule is CC(C)C(=C=O)C(=O)/C=C/c1ccccc1. The predicted octanol–water partition coefficient (Wildman–Crippen LogP) is 2.68. The lowest BCUT2D eigenvalue weighted by Gasteiger charge is -2.01. The zero-order valence-corrected chi connectivity index (χ0v) is 9.44. The molecule has 82 valence electrons. The smallest absolute Gasteiger partial charge is 0.193 e. The highest BCUT2D eigenvalue weighted by Gasteiger charge is 2.11. The van der Waals surface area contributed by atoms with Gasteiger partial charge in [-0.3, -0.25) is 4.79 Å². The van der Waals surface area contributed by atoms with Crippen LogP contribution in [-0.2, 0) is 9.59 Å². The second-order valence-electron chi connectivity index (χ2n) is 3.78. The van der Waals surface area contributed by atoms with Gasteiger partial charge in [0.25, 0.3) is 0 Å². The topological polar surface area (TPSA) is 34.1 Å². The van der Waals surface area contributed by atoms with Crippen LogP contribution in [-0.4, -0.2) is 11.7 Å². The van der Waals surface area contributed by atoms with Gasteiger partial charge in [0.15, 0.2) is 5.78 Å². The zero-order chi connectivity index (χ0) is 12.0. The molecule has 0 bridgehead atoms. The average Bonchev–Trinajstić information content (AvgIpc) is 2.28. The number of hydrogen-bond donors (Lipinski definition) is 0. The molecule has 1 aromatic rings. The minimum Gasteiger partial charge on any atom is -0.289 e. The van der Waals surface area contributed by atoms with Gasteiger partial charge in [0.2, 0.25) is 0 Å². The van der Waals surface area contributed by atoms with E-state index in [9.17, 15) is 9.59 Å². The Balaban J connectivity index is 2.79. The number of hydrogen-bond acceptors (Lipinski definition) is 2. The van der Waals surface area contributed by atoms with E-state index in [1.807, 2.05) is 30.3 Å². The number of allylic oxidation sites excluding steroid dienone is 2. The fraction of sp³-hybridized carbons (Fsp3) is 0.214. The molecule has 1 rings (SSSR count). The van der Waals surface area contributed by atoms with Crippen molar-refractivity contribution in [3.8, 4) is 0 Å². The van der Waals surface area contributed by atoms with E-state index in [1.54, 1.807) is 25.9 Å². The van der Waals surface area contributed by atoms with Gasteiger partial charge in [-0.2, -0.15) is 0 Å². The van der Waals surface area contributed by atoms with E-state index in [0.717, 1.165) is 5.56 Å². The molecule has 0 unspecified atom stereocenters. The number of rotatable bonds is 4. The van der Waals surface area contributed by atoms with Gasteiger partial charge in [-0.1, -0.05) is 50.3 Å². The largest absolute Gasteiger partial charge is 0.289 e. The number of carbonyl (C=O) groups is 1. The van der Waals surface area contributed by atoms with Gasteiger partial charge >= 0.3 is 0 Å². The maximum absolute atomic E-state index is 11.6. The Bertz CT molecular complexity index is 435. The molecule has 2 nitrogen and oxygen atoms in total. The number of carbonyl (C=O) groups excluding carboxylic acids is 2. The van der Waals surface area contributed by atoms with Crippen molar-refractivity contribution in [3.63, 3.8) is 0 Å². The first-order valence-corrected chi connectivity index (χ1v) is 5.17. The van der Waals surface area contributed by atoms with Crippen molar-refractivity contribution in [2.75, 3.05) is 0 Å². The van der Waals surface area contributed by atoms with Crippen molar-refractivity contribution in [2.45, 2.75) is 13.8 Å². The Morgan fingerprint density at radius 1 is 1.25 bits per heavy atom. The molecule has 0 radical (unpaired) electrons. The van der Waals surface area contributed by atoms with E-state index in [1.165, 1.54) is 6.08 Å². The summed E-state index contributed by atoms with van der Waals surface area (Å²) in [6, 6.07) is 9.48. The molecule has 16 heavy (non-hydrogen) atoms. The van der Waals surface area contributed by atoms with E-state index in [2.05, 4.69) is 0 Å². The highest BCUT2D eigenvalue weighted by atomic mass is 16.1. The molecule has 0 aliphatic carbocycles. The summed E-state index contributed by atoms with van der Waals surface area (Å²) in [7, 11) is 0. The van der Waals surface area contributed by atoms with Gasteiger partial charge < -0.3 is 0 Å². The van der Waals surface area contributed by atoms with Crippen LogP contribution in [0, 0.1) is 5.92 Å². The van der Waals surface area contributed by atoms with Gasteiger partial charge in [-0.15, -0.1) is 0 Å². The highest BCUT2D eigenvalue weighted by Crippen LogP contribution is 2.09. The molecule has 1 aromatic carbocycles. The minimum atomic E-state index is -0.270. The number of benzene rings is 1. The quantitative estimate of drug-likeness (QED) is 0.570. The summed E-state index contributed by atoms with van der Waals surface area (Å²) < 4.78 is 0. The predicted molar refractivity (Wildman–Crippen MR) is 64.5 cm³/mol. The van der Waals surface area contributed by atoms with Crippen LogP contribution in [0.1, 0.15) is 19.4 Å². The van der Waals surface area contributed by atoms with Crippen LogP contribution in [0.2, 0.25) is 0 Å². The first kappa shape index (κ1) is 12.2. The van der Waals surface area contributed by atoms with Crippen molar-refractivity contribution in [2.24, 2.45) is 5.92 Å². The molecule has 0 saturated carbocycles. The Hall–Kier alpha value is -1.92. The van der Waals surface area contributed by atoms with Gasteiger partial charge in [-0.25, -0.2) is 4.79 Å². The van der Waals surface area contributed by atoms with Gasteiger partial charge in [0.05, 0.1) is 5.57 Å². The van der Waals surface area contributed by atoms with Crippen molar-refractivity contribution >= 4 is 17.8 Å². The third kappa shape index (κ3) is 3.34. The summed E-state index contributed by atoms with van der Waals surface area (Å²) in [6.45, 7) is 3.60. The van der Waals surface area contributed by atoms with Crippen molar-refractivity contribution < 1.29 is 9.59 Å². The lowest BCUT2D eigenvalue weighted by molar-refractivity contribution is -0.111. The van der Waals surface area contributed by atoms with Crippen molar-refractivity contribution in [1.29, 1.82) is 0 Å². The maximum Gasteiger partial charge on any atom is 0.193 e. The molecule has 0 fully saturated rings. The van der Waals surface area contributed by atoms with Gasteiger partial charge in [0.1, 0.15) is 5.94 Å². The van der Waals surface area contributed by atoms with Crippen LogP contribution in [0.25, 0.3) is 6.08 Å². The molecule has 0 aliphatic rings.